The molecule has 5 nitrogen and oxygen atoms in total. The number of carbonyl (C=O) groups is 1. The lowest BCUT2D eigenvalue weighted by Gasteiger charge is -2.24. The van der Waals surface area contributed by atoms with Gasteiger partial charge in [-0.15, -0.1) is 11.3 Å². The molecule has 0 aliphatic carbocycles. The van der Waals surface area contributed by atoms with Crippen molar-refractivity contribution in [2.24, 2.45) is 12.5 Å². The van der Waals surface area contributed by atoms with Gasteiger partial charge >= 0.3 is 0 Å². The van der Waals surface area contributed by atoms with E-state index in [1.54, 1.807) is 29.1 Å². The molecular weight excluding hydrogens is 363 g/mol. The van der Waals surface area contributed by atoms with Crippen LogP contribution in [-0.2, 0) is 7.05 Å². The third-order valence-corrected chi connectivity index (χ3v) is 6.20. The van der Waals surface area contributed by atoms with Gasteiger partial charge < -0.3 is 4.90 Å². The van der Waals surface area contributed by atoms with Crippen molar-refractivity contribution < 1.29 is 9.18 Å². The van der Waals surface area contributed by atoms with Crippen molar-refractivity contribution in [3.05, 3.63) is 59.1 Å². The Hall–Kier alpha value is -2.54. The van der Waals surface area contributed by atoms with Gasteiger partial charge in [0, 0.05) is 37.8 Å². The first-order valence-corrected chi connectivity index (χ1v) is 9.65. The molecule has 3 aromatic rings. The summed E-state index contributed by atoms with van der Waals surface area (Å²) in [5.74, 6) is -0.145. The Morgan fingerprint density at radius 3 is 2.78 bits per heavy atom. The van der Waals surface area contributed by atoms with Crippen molar-refractivity contribution in [3.8, 4) is 10.6 Å². The fourth-order valence-corrected chi connectivity index (χ4v) is 4.66. The molecule has 4 rings (SSSR count). The number of nitrogens with zero attached hydrogens (tertiary/aromatic N) is 4. The molecule has 1 saturated heterocycles. The second kappa shape index (κ2) is 6.56. The minimum Gasteiger partial charge on any atom is -0.337 e. The summed E-state index contributed by atoms with van der Waals surface area (Å²) in [5.41, 5.74) is 1.53. The fourth-order valence-electron chi connectivity index (χ4n) is 3.75. The summed E-state index contributed by atoms with van der Waals surface area (Å²) in [6.45, 7) is 5.66. The molecule has 1 aromatic carbocycles. The maximum Gasteiger partial charge on any atom is 0.265 e. The molecule has 0 N–H and O–H groups in total. The number of thiazole rings is 1. The van der Waals surface area contributed by atoms with E-state index in [1.807, 2.05) is 24.3 Å². The van der Waals surface area contributed by atoms with Crippen LogP contribution < -0.4 is 0 Å². The van der Waals surface area contributed by atoms with Crippen LogP contribution in [0.5, 0.6) is 0 Å². The lowest BCUT2D eigenvalue weighted by atomic mass is 9.79. The van der Waals surface area contributed by atoms with Gasteiger partial charge in [-0.05, 0) is 23.1 Å². The van der Waals surface area contributed by atoms with Crippen molar-refractivity contribution >= 4 is 17.2 Å². The highest BCUT2D eigenvalue weighted by Crippen LogP contribution is 2.43. The summed E-state index contributed by atoms with van der Waals surface area (Å²) in [7, 11) is 1.90. The molecule has 0 saturated carbocycles. The zero-order valence-corrected chi connectivity index (χ0v) is 16.3. The van der Waals surface area contributed by atoms with Crippen molar-refractivity contribution in [1.82, 2.24) is 19.7 Å². The largest absolute Gasteiger partial charge is 0.337 e. The van der Waals surface area contributed by atoms with E-state index in [4.69, 9.17) is 0 Å². The fraction of sp³-hybridized carbons (Fsp3) is 0.350. The summed E-state index contributed by atoms with van der Waals surface area (Å²) in [6.07, 6.45) is 5.45. The third-order valence-electron chi connectivity index (χ3n) is 5.18. The zero-order valence-electron chi connectivity index (χ0n) is 15.5. The number of amides is 1. The summed E-state index contributed by atoms with van der Waals surface area (Å²) >= 11 is 1.24. The Kier molecular flexibility index (Phi) is 4.34. The lowest BCUT2D eigenvalue weighted by molar-refractivity contribution is 0.0782. The van der Waals surface area contributed by atoms with E-state index in [-0.39, 0.29) is 23.1 Å². The van der Waals surface area contributed by atoms with Crippen molar-refractivity contribution in [2.45, 2.75) is 19.8 Å². The molecule has 1 aliphatic rings. The number of aryl methyl sites for hydroxylation is 1. The SMILES string of the molecule is Cn1cc(C2CN(C(=O)c3cnc(-c4ccccc4F)s3)CC2(C)C)cn1. The van der Waals surface area contributed by atoms with Crippen LogP contribution in [-0.4, -0.2) is 38.7 Å². The standard InChI is InChI=1S/C20H21FN4OS/c1-20(2)12-25(11-15(20)13-8-23-24(3)10-13)19(26)17-9-22-18(27-17)14-6-4-5-7-16(14)21/h4-10,15H,11-12H2,1-3H3. The zero-order chi connectivity index (χ0) is 19.2. The summed E-state index contributed by atoms with van der Waals surface area (Å²) < 4.78 is 15.8. The lowest BCUT2D eigenvalue weighted by Crippen LogP contribution is -2.29. The molecule has 27 heavy (non-hydrogen) atoms. The second-order valence-electron chi connectivity index (χ2n) is 7.68. The molecule has 2 aromatic heterocycles. The summed E-state index contributed by atoms with van der Waals surface area (Å²) in [5, 5.41) is 4.80. The number of carbonyl (C=O) groups excluding carboxylic acids is 1. The molecular formula is C20H21FN4OS. The molecule has 140 valence electrons. The quantitative estimate of drug-likeness (QED) is 0.687. The van der Waals surface area contributed by atoms with Crippen LogP contribution in [0.3, 0.4) is 0 Å². The smallest absolute Gasteiger partial charge is 0.265 e. The van der Waals surface area contributed by atoms with Crippen LogP contribution in [0.1, 0.15) is 35.0 Å². The predicted octanol–water partition coefficient (Wildman–Crippen LogP) is 3.95. The summed E-state index contributed by atoms with van der Waals surface area (Å²) in [4.78, 5) is 19.7. The first kappa shape index (κ1) is 17.9. The first-order valence-electron chi connectivity index (χ1n) is 8.84. The van der Waals surface area contributed by atoms with Gasteiger partial charge in [0.05, 0.1) is 12.4 Å². The highest BCUT2D eigenvalue weighted by Gasteiger charge is 2.43. The van der Waals surface area contributed by atoms with Gasteiger partial charge in [-0.25, -0.2) is 9.37 Å². The average molecular weight is 384 g/mol. The van der Waals surface area contributed by atoms with Crippen molar-refractivity contribution in [3.63, 3.8) is 0 Å². The molecule has 1 fully saturated rings. The molecule has 0 spiro atoms. The van der Waals surface area contributed by atoms with Crippen LogP contribution in [0.25, 0.3) is 10.6 Å². The molecule has 1 atom stereocenters. The molecule has 1 aliphatic heterocycles. The predicted molar refractivity (Wildman–Crippen MR) is 103 cm³/mol. The van der Waals surface area contributed by atoms with Crippen molar-refractivity contribution in [2.75, 3.05) is 13.1 Å². The van der Waals surface area contributed by atoms with E-state index in [2.05, 4.69) is 23.9 Å². The normalized spacial score (nSPS) is 18.8. The second-order valence-corrected chi connectivity index (χ2v) is 8.71. The van der Waals surface area contributed by atoms with Gasteiger partial charge in [0.25, 0.3) is 5.91 Å². The van der Waals surface area contributed by atoms with Gasteiger partial charge in [0.15, 0.2) is 0 Å². The number of benzene rings is 1. The highest BCUT2D eigenvalue weighted by molar-refractivity contribution is 7.16. The number of rotatable bonds is 3. The van der Waals surface area contributed by atoms with Crippen LogP contribution in [0.15, 0.2) is 42.9 Å². The molecule has 1 unspecified atom stereocenters. The maximum absolute atomic E-state index is 14.0. The third kappa shape index (κ3) is 3.27. The number of aromatic nitrogens is 3. The summed E-state index contributed by atoms with van der Waals surface area (Å²) in [6, 6.07) is 6.49. The van der Waals surface area contributed by atoms with Gasteiger partial charge in [-0.2, -0.15) is 5.10 Å². The number of halogens is 1. The van der Waals surface area contributed by atoms with E-state index in [9.17, 15) is 9.18 Å². The Labute approximate surface area is 161 Å². The molecule has 0 radical (unpaired) electrons. The Morgan fingerprint density at radius 2 is 2.07 bits per heavy atom. The molecule has 0 bridgehead atoms. The number of hydrogen-bond donors (Lipinski definition) is 0. The number of likely N-dealkylation sites (tertiary alicyclic amines) is 1. The van der Waals surface area contributed by atoms with Crippen LogP contribution in [0, 0.1) is 11.2 Å². The van der Waals surface area contributed by atoms with Gasteiger partial charge in [-0.3, -0.25) is 9.48 Å². The first-order chi connectivity index (χ1) is 12.8. The van der Waals surface area contributed by atoms with Gasteiger partial charge in [-0.1, -0.05) is 26.0 Å². The maximum atomic E-state index is 14.0. The van der Waals surface area contributed by atoms with Crippen molar-refractivity contribution in [1.29, 1.82) is 0 Å². The van der Waals surface area contributed by atoms with Gasteiger partial charge in [0.1, 0.15) is 15.7 Å². The van der Waals surface area contributed by atoms with E-state index in [0.717, 1.165) is 5.56 Å². The van der Waals surface area contributed by atoms with E-state index in [1.165, 1.54) is 17.4 Å². The van der Waals surface area contributed by atoms with E-state index >= 15 is 0 Å². The highest BCUT2D eigenvalue weighted by atomic mass is 32.1. The monoisotopic (exact) mass is 384 g/mol. The Balaban J connectivity index is 1.56. The molecule has 7 heteroatoms. The Morgan fingerprint density at radius 1 is 1.30 bits per heavy atom. The molecule has 1 amide bonds. The van der Waals surface area contributed by atoms with Gasteiger partial charge in [0.2, 0.25) is 0 Å². The van der Waals surface area contributed by atoms with Crippen LogP contribution in [0.2, 0.25) is 0 Å². The average Bonchev–Trinajstić information content (AvgIpc) is 3.33. The minimum absolute atomic E-state index is 0.0439. The number of hydrogen-bond acceptors (Lipinski definition) is 4. The molecule has 3 heterocycles. The topological polar surface area (TPSA) is 51.0 Å². The minimum atomic E-state index is -0.329. The van der Waals surface area contributed by atoms with Crippen LogP contribution in [0.4, 0.5) is 4.39 Å². The Bertz CT molecular complexity index is 993. The van der Waals surface area contributed by atoms with E-state index < -0.39 is 0 Å². The van der Waals surface area contributed by atoms with Crippen LogP contribution >= 0.6 is 11.3 Å². The van der Waals surface area contributed by atoms with E-state index in [0.29, 0.717) is 28.5 Å².